The lowest BCUT2D eigenvalue weighted by atomic mass is 9.77. The Hall–Kier alpha value is -2.30. The van der Waals surface area contributed by atoms with E-state index in [1.54, 1.807) is 18.3 Å². The topological polar surface area (TPSA) is 51.2 Å². The SMILES string of the molecule is CCCCOc1ccc(NC(=O)C2(c3ccc(Cl)cc3Cl)CCCC2)c2cccnc12. The average molecular weight is 457 g/mol. The maximum Gasteiger partial charge on any atom is 0.235 e. The number of rotatable bonds is 7. The molecular weight excluding hydrogens is 431 g/mol. The molecule has 0 bridgehead atoms. The van der Waals surface area contributed by atoms with Crippen LogP contribution < -0.4 is 10.1 Å². The largest absolute Gasteiger partial charge is 0.491 e. The number of hydrogen-bond donors (Lipinski definition) is 1. The van der Waals surface area contributed by atoms with Gasteiger partial charge in [-0.05, 0) is 61.2 Å². The Morgan fingerprint density at radius 1 is 1.16 bits per heavy atom. The van der Waals surface area contributed by atoms with Crippen LogP contribution in [0.1, 0.15) is 51.0 Å². The minimum Gasteiger partial charge on any atom is -0.491 e. The predicted octanol–water partition coefficient (Wildman–Crippen LogP) is 7.17. The number of halogens is 2. The minimum atomic E-state index is -0.660. The van der Waals surface area contributed by atoms with Crippen LogP contribution in [0.15, 0.2) is 48.7 Å². The van der Waals surface area contributed by atoms with Gasteiger partial charge < -0.3 is 10.1 Å². The predicted molar refractivity (Wildman–Crippen MR) is 127 cm³/mol. The van der Waals surface area contributed by atoms with E-state index in [4.69, 9.17) is 27.9 Å². The molecule has 1 N–H and O–H groups in total. The summed E-state index contributed by atoms with van der Waals surface area (Å²) in [6.45, 7) is 2.77. The molecule has 0 spiro atoms. The smallest absolute Gasteiger partial charge is 0.235 e. The molecule has 1 aliphatic rings. The van der Waals surface area contributed by atoms with Gasteiger partial charge in [-0.15, -0.1) is 0 Å². The van der Waals surface area contributed by atoms with E-state index in [1.807, 2.05) is 30.3 Å². The molecule has 0 atom stereocenters. The number of unbranched alkanes of at least 4 members (excludes halogenated alkanes) is 1. The Kier molecular flexibility index (Phi) is 6.68. The molecule has 162 valence electrons. The number of benzene rings is 2. The van der Waals surface area contributed by atoms with Gasteiger partial charge >= 0.3 is 0 Å². The first-order valence-corrected chi connectivity index (χ1v) is 11.6. The number of hydrogen-bond acceptors (Lipinski definition) is 3. The van der Waals surface area contributed by atoms with Crippen LogP contribution in [0, 0.1) is 0 Å². The van der Waals surface area contributed by atoms with Gasteiger partial charge in [0.1, 0.15) is 11.3 Å². The third-order valence-corrected chi connectivity index (χ3v) is 6.62. The maximum atomic E-state index is 13.7. The minimum absolute atomic E-state index is 0.0426. The molecule has 3 aromatic rings. The molecule has 1 amide bonds. The van der Waals surface area contributed by atoms with E-state index >= 15 is 0 Å². The van der Waals surface area contributed by atoms with Crippen molar-refractivity contribution in [2.24, 2.45) is 0 Å². The molecule has 1 aromatic heterocycles. The van der Waals surface area contributed by atoms with Gasteiger partial charge in [-0.1, -0.05) is 55.5 Å². The number of nitrogens with zero attached hydrogens (tertiary/aromatic N) is 1. The van der Waals surface area contributed by atoms with Crippen LogP contribution in [0.3, 0.4) is 0 Å². The lowest BCUT2D eigenvalue weighted by Crippen LogP contribution is -2.38. The lowest BCUT2D eigenvalue weighted by molar-refractivity contribution is -0.121. The Balaban J connectivity index is 1.68. The summed E-state index contributed by atoms with van der Waals surface area (Å²) < 4.78 is 5.93. The molecule has 0 saturated heterocycles. The number of pyridine rings is 1. The van der Waals surface area contributed by atoms with Crippen LogP contribution in [0.5, 0.6) is 5.75 Å². The van der Waals surface area contributed by atoms with Crippen LogP contribution >= 0.6 is 23.2 Å². The summed E-state index contributed by atoms with van der Waals surface area (Å²) in [5.74, 6) is 0.692. The van der Waals surface area contributed by atoms with Gasteiger partial charge in [0.05, 0.1) is 17.7 Å². The van der Waals surface area contributed by atoms with Crippen molar-refractivity contribution < 1.29 is 9.53 Å². The average Bonchev–Trinajstić information content (AvgIpc) is 3.26. The normalized spacial score (nSPS) is 15.2. The zero-order chi connectivity index (χ0) is 21.8. The highest BCUT2D eigenvalue weighted by Gasteiger charge is 2.44. The molecule has 4 nitrogen and oxygen atoms in total. The summed E-state index contributed by atoms with van der Waals surface area (Å²) in [6.07, 6.45) is 7.28. The molecule has 4 rings (SSSR count). The molecule has 2 aromatic carbocycles. The number of aromatic nitrogens is 1. The fourth-order valence-corrected chi connectivity index (χ4v) is 5.00. The summed E-state index contributed by atoms with van der Waals surface area (Å²) in [4.78, 5) is 18.2. The van der Waals surface area contributed by atoms with Crippen molar-refractivity contribution in [3.63, 3.8) is 0 Å². The first-order valence-electron chi connectivity index (χ1n) is 10.8. The second-order valence-corrected chi connectivity index (χ2v) is 8.92. The van der Waals surface area contributed by atoms with E-state index < -0.39 is 5.41 Å². The van der Waals surface area contributed by atoms with E-state index in [1.165, 1.54) is 0 Å². The first kappa shape index (κ1) is 21.9. The fourth-order valence-electron chi connectivity index (χ4n) is 4.42. The van der Waals surface area contributed by atoms with Crippen molar-refractivity contribution in [2.75, 3.05) is 11.9 Å². The number of anilines is 1. The van der Waals surface area contributed by atoms with Gasteiger partial charge in [-0.3, -0.25) is 9.78 Å². The summed E-state index contributed by atoms with van der Waals surface area (Å²) in [6, 6.07) is 13.0. The van der Waals surface area contributed by atoms with Crippen molar-refractivity contribution in [1.82, 2.24) is 4.98 Å². The highest BCUT2D eigenvalue weighted by Crippen LogP contribution is 2.45. The zero-order valence-electron chi connectivity index (χ0n) is 17.6. The van der Waals surface area contributed by atoms with E-state index in [0.29, 0.717) is 16.7 Å². The third kappa shape index (κ3) is 4.37. The summed E-state index contributed by atoms with van der Waals surface area (Å²) in [7, 11) is 0. The van der Waals surface area contributed by atoms with E-state index in [9.17, 15) is 4.79 Å². The maximum absolute atomic E-state index is 13.7. The Bertz CT molecular complexity index is 1090. The molecule has 0 radical (unpaired) electrons. The number of carbonyl (C=O) groups is 1. The van der Waals surface area contributed by atoms with E-state index in [0.717, 1.165) is 66.4 Å². The van der Waals surface area contributed by atoms with Crippen molar-refractivity contribution in [3.8, 4) is 5.75 Å². The molecular formula is C25H26Cl2N2O2. The van der Waals surface area contributed by atoms with Crippen molar-refractivity contribution in [2.45, 2.75) is 50.9 Å². The molecule has 0 unspecified atom stereocenters. The molecule has 1 saturated carbocycles. The molecule has 0 aliphatic heterocycles. The molecule has 1 aliphatic carbocycles. The van der Waals surface area contributed by atoms with Gasteiger partial charge in [-0.2, -0.15) is 0 Å². The van der Waals surface area contributed by atoms with Crippen LogP contribution in [0.4, 0.5) is 5.69 Å². The number of carbonyl (C=O) groups excluding carboxylic acids is 1. The summed E-state index contributed by atoms with van der Waals surface area (Å²) in [5, 5.41) is 5.14. The third-order valence-electron chi connectivity index (χ3n) is 6.07. The lowest BCUT2D eigenvalue weighted by Gasteiger charge is -2.29. The van der Waals surface area contributed by atoms with Crippen LogP contribution in [0.25, 0.3) is 10.9 Å². The standard InChI is InChI=1S/C25H26Cl2N2O2/c1-2-3-15-31-22-11-10-21(18-7-6-14-28-23(18)22)29-24(30)25(12-4-5-13-25)19-9-8-17(26)16-20(19)27/h6-11,14,16H,2-5,12-13,15H2,1H3,(H,29,30). The summed E-state index contributed by atoms with van der Waals surface area (Å²) >= 11 is 12.6. The molecule has 31 heavy (non-hydrogen) atoms. The monoisotopic (exact) mass is 456 g/mol. The van der Waals surface area contributed by atoms with Gasteiger partial charge in [0.15, 0.2) is 0 Å². The number of fused-ring (bicyclic) bond motifs is 1. The Morgan fingerprint density at radius 2 is 1.97 bits per heavy atom. The highest BCUT2D eigenvalue weighted by molar-refractivity contribution is 6.35. The van der Waals surface area contributed by atoms with Crippen molar-refractivity contribution in [1.29, 1.82) is 0 Å². The molecule has 1 heterocycles. The second-order valence-electron chi connectivity index (χ2n) is 8.08. The van der Waals surface area contributed by atoms with E-state index in [2.05, 4.69) is 17.2 Å². The highest BCUT2D eigenvalue weighted by atomic mass is 35.5. The summed E-state index contributed by atoms with van der Waals surface area (Å²) in [5.41, 5.74) is 1.66. The Labute approximate surface area is 192 Å². The zero-order valence-corrected chi connectivity index (χ0v) is 19.1. The van der Waals surface area contributed by atoms with Crippen LogP contribution in [-0.4, -0.2) is 17.5 Å². The van der Waals surface area contributed by atoms with Crippen molar-refractivity contribution in [3.05, 3.63) is 64.3 Å². The Morgan fingerprint density at radius 3 is 2.71 bits per heavy atom. The van der Waals surface area contributed by atoms with Crippen molar-refractivity contribution >= 4 is 45.7 Å². The van der Waals surface area contributed by atoms with E-state index in [-0.39, 0.29) is 5.91 Å². The van der Waals surface area contributed by atoms with Crippen LogP contribution in [0.2, 0.25) is 10.0 Å². The number of amides is 1. The second kappa shape index (κ2) is 9.46. The molecule has 1 fully saturated rings. The first-order chi connectivity index (χ1) is 15.0. The van der Waals surface area contributed by atoms with Gasteiger partial charge in [0.25, 0.3) is 0 Å². The quantitative estimate of drug-likeness (QED) is 0.383. The number of nitrogens with one attached hydrogen (secondary N) is 1. The fraction of sp³-hybridized carbons (Fsp3) is 0.360. The van der Waals surface area contributed by atoms with Gasteiger partial charge in [0.2, 0.25) is 5.91 Å². The number of ether oxygens (including phenoxy) is 1. The van der Waals surface area contributed by atoms with Crippen LogP contribution in [-0.2, 0) is 10.2 Å². The van der Waals surface area contributed by atoms with Gasteiger partial charge in [-0.25, -0.2) is 0 Å². The molecule has 6 heteroatoms. The van der Waals surface area contributed by atoms with Gasteiger partial charge in [0, 0.05) is 21.6 Å².